The molecule has 2 saturated heterocycles. The number of hydrogen-bond acceptors (Lipinski definition) is 2. The molecule has 3 heteroatoms. The molecule has 0 amide bonds. The normalized spacial score (nSPS) is 30.5. The van der Waals surface area contributed by atoms with Gasteiger partial charge in [-0.1, -0.05) is 43.0 Å². The van der Waals surface area contributed by atoms with Crippen LogP contribution in [0.1, 0.15) is 50.5 Å². The van der Waals surface area contributed by atoms with Gasteiger partial charge in [-0.2, -0.15) is 0 Å². The zero-order chi connectivity index (χ0) is 15.6. The van der Waals surface area contributed by atoms with Gasteiger partial charge in [-0.25, -0.2) is 0 Å². The van der Waals surface area contributed by atoms with E-state index in [2.05, 4.69) is 21.9 Å². The van der Waals surface area contributed by atoms with Crippen LogP contribution in [0.3, 0.4) is 0 Å². The quantitative estimate of drug-likeness (QED) is 0.800. The van der Waals surface area contributed by atoms with Crippen molar-refractivity contribution in [3.63, 3.8) is 0 Å². The first-order chi connectivity index (χ1) is 11.3. The Balaban J connectivity index is 1.53. The molecule has 1 saturated carbocycles. The first-order valence-corrected chi connectivity index (χ1v) is 9.91. The molecule has 1 aromatic carbocycles. The van der Waals surface area contributed by atoms with E-state index in [0.29, 0.717) is 0 Å². The molecule has 1 aliphatic carbocycles. The first kappa shape index (κ1) is 15.9. The Hall–Kier alpha value is -0.570. The van der Waals surface area contributed by atoms with E-state index in [1.54, 1.807) is 0 Å². The summed E-state index contributed by atoms with van der Waals surface area (Å²) in [6, 6.07) is 10.1. The lowest BCUT2D eigenvalue weighted by atomic mass is 9.78. The Labute approximate surface area is 145 Å². The molecular formula is C20H29ClN2. The maximum atomic E-state index is 6.06. The van der Waals surface area contributed by atoms with E-state index in [-0.39, 0.29) is 0 Å². The number of benzene rings is 1. The summed E-state index contributed by atoms with van der Waals surface area (Å²) >= 11 is 6.06. The highest BCUT2D eigenvalue weighted by atomic mass is 35.5. The summed E-state index contributed by atoms with van der Waals surface area (Å²) in [5, 5.41) is 0.846. The van der Waals surface area contributed by atoms with Crippen molar-refractivity contribution >= 4 is 11.6 Å². The molecule has 4 rings (SSSR count). The molecule has 2 nitrogen and oxygen atoms in total. The van der Waals surface area contributed by atoms with Crippen LogP contribution in [0, 0.1) is 5.92 Å². The third kappa shape index (κ3) is 3.45. The minimum Gasteiger partial charge on any atom is -0.298 e. The number of piperazine rings is 1. The molecule has 2 atom stereocenters. The Morgan fingerprint density at radius 3 is 2.43 bits per heavy atom. The number of rotatable bonds is 3. The predicted molar refractivity (Wildman–Crippen MR) is 96.8 cm³/mol. The lowest BCUT2D eigenvalue weighted by Gasteiger charge is -2.49. The van der Waals surface area contributed by atoms with Gasteiger partial charge in [-0.15, -0.1) is 0 Å². The lowest BCUT2D eigenvalue weighted by Crippen LogP contribution is -2.59. The van der Waals surface area contributed by atoms with Gasteiger partial charge >= 0.3 is 0 Å². The van der Waals surface area contributed by atoms with Crippen LogP contribution < -0.4 is 0 Å². The van der Waals surface area contributed by atoms with Crippen molar-refractivity contribution < 1.29 is 0 Å². The smallest absolute Gasteiger partial charge is 0.0406 e. The van der Waals surface area contributed by atoms with Crippen LogP contribution in [-0.4, -0.2) is 41.5 Å². The average Bonchev–Trinajstić information content (AvgIpc) is 3.06. The summed E-state index contributed by atoms with van der Waals surface area (Å²) in [5.74, 6) is 0.918. The number of halogens is 1. The highest BCUT2D eigenvalue weighted by molar-refractivity contribution is 6.30. The van der Waals surface area contributed by atoms with Crippen molar-refractivity contribution in [1.29, 1.82) is 0 Å². The molecule has 126 valence electrons. The van der Waals surface area contributed by atoms with Gasteiger partial charge < -0.3 is 0 Å². The fraction of sp³-hybridized carbons (Fsp3) is 0.700. The summed E-state index contributed by atoms with van der Waals surface area (Å²) in [7, 11) is 0. The fourth-order valence-electron chi connectivity index (χ4n) is 5.26. The van der Waals surface area contributed by atoms with Crippen molar-refractivity contribution in [3.05, 3.63) is 34.9 Å². The van der Waals surface area contributed by atoms with E-state index in [1.807, 2.05) is 12.1 Å². The molecule has 2 heterocycles. The van der Waals surface area contributed by atoms with Gasteiger partial charge in [0.1, 0.15) is 0 Å². The largest absolute Gasteiger partial charge is 0.298 e. The molecule has 3 fully saturated rings. The van der Waals surface area contributed by atoms with Crippen molar-refractivity contribution in [2.75, 3.05) is 19.6 Å². The summed E-state index contributed by atoms with van der Waals surface area (Å²) in [4.78, 5) is 5.60. The molecular weight excluding hydrogens is 304 g/mol. The fourth-order valence-corrected chi connectivity index (χ4v) is 5.39. The first-order valence-electron chi connectivity index (χ1n) is 9.54. The zero-order valence-electron chi connectivity index (χ0n) is 14.1. The van der Waals surface area contributed by atoms with Crippen LogP contribution >= 0.6 is 11.6 Å². The summed E-state index contributed by atoms with van der Waals surface area (Å²) in [5.41, 5.74) is 1.42. The SMILES string of the molecule is Clc1ccc(CN2CCN3CCC[C@@H]3[C@@H]2C2CCCCC2)cc1. The van der Waals surface area contributed by atoms with Gasteiger partial charge in [-0.05, 0) is 55.8 Å². The molecule has 0 aromatic heterocycles. The van der Waals surface area contributed by atoms with Gasteiger partial charge in [0.15, 0.2) is 0 Å². The zero-order valence-corrected chi connectivity index (χ0v) is 14.8. The predicted octanol–water partition coefficient (Wildman–Crippen LogP) is 4.57. The van der Waals surface area contributed by atoms with Gasteiger partial charge in [0.2, 0.25) is 0 Å². The Kier molecular flexibility index (Phi) is 4.93. The molecule has 1 aromatic rings. The van der Waals surface area contributed by atoms with E-state index in [0.717, 1.165) is 29.6 Å². The lowest BCUT2D eigenvalue weighted by molar-refractivity contribution is -0.00379. The number of fused-ring (bicyclic) bond motifs is 1. The van der Waals surface area contributed by atoms with Crippen LogP contribution in [0.15, 0.2) is 24.3 Å². The van der Waals surface area contributed by atoms with Crippen LogP contribution in [0.25, 0.3) is 0 Å². The van der Waals surface area contributed by atoms with Gasteiger partial charge in [0.05, 0.1) is 0 Å². The standard InChI is InChI=1S/C20H29ClN2/c21-18-10-8-16(9-11-18)15-23-14-13-22-12-4-7-19(22)20(23)17-5-2-1-3-6-17/h8-11,17,19-20H,1-7,12-15H2/t19-,20+/m1/s1. The van der Waals surface area contributed by atoms with Gasteiger partial charge in [0, 0.05) is 36.7 Å². The Morgan fingerprint density at radius 2 is 1.65 bits per heavy atom. The highest BCUT2D eigenvalue weighted by Gasteiger charge is 2.42. The van der Waals surface area contributed by atoms with Crippen LogP contribution in [0.2, 0.25) is 5.02 Å². The summed E-state index contributed by atoms with van der Waals surface area (Å²) < 4.78 is 0. The molecule has 0 radical (unpaired) electrons. The van der Waals surface area contributed by atoms with Crippen LogP contribution in [0.4, 0.5) is 0 Å². The van der Waals surface area contributed by atoms with Crippen molar-refractivity contribution in [1.82, 2.24) is 9.80 Å². The molecule has 23 heavy (non-hydrogen) atoms. The molecule has 0 spiro atoms. The summed E-state index contributed by atoms with van der Waals surface area (Å²) in [6.07, 6.45) is 10.1. The second-order valence-corrected chi connectivity index (χ2v) is 8.17. The molecule has 2 aliphatic heterocycles. The second kappa shape index (κ2) is 7.13. The molecule has 0 unspecified atom stereocenters. The van der Waals surface area contributed by atoms with Crippen LogP contribution in [0.5, 0.6) is 0 Å². The van der Waals surface area contributed by atoms with Gasteiger partial charge in [0.25, 0.3) is 0 Å². The monoisotopic (exact) mass is 332 g/mol. The number of hydrogen-bond donors (Lipinski definition) is 0. The molecule has 0 bridgehead atoms. The highest BCUT2D eigenvalue weighted by Crippen LogP contribution is 2.38. The van der Waals surface area contributed by atoms with E-state index in [9.17, 15) is 0 Å². The van der Waals surface area contributed by atoms with E-state index in [1.165, 1.54) is 70.1 Å². The number of nitrogens with zero attached hydrogens (tertiary/aromatic N) is 2. The third-order valence-electron chi connectivity index (χ3n) is 6.34. The Bertz CT molecular complexity index is 509. The van der Waals surface area contributed by atoms with Gasteiger partial charge in [-0.3, -0.25) is 9.80 Å². The maximum Gasteiger partial charge on any atom is 0.0406 e. The van der Waals surface area contributed by atoms with Crippen molar-refractivity contribution in [3.8, 4) is 0 Å². The van der Waals surface area contributed by atoms with E-state index >= 15 is 0 Å². The topological polar surface area (TPSA) is 6.48 Å². The third-order valence-corrected chi connectivity index (χ3v) is 6.59. The van der Waals surface area contributed by atoms with E-state index < -0.39 is 0 Å². The summed E-state index contributed by atoms with van der Waals surface area (Å²) in [6.45, 7) is 4.94. The Morgan fingerprint density at radius 1 is 0.870 bits per heavy atom. The second-order valence-electron chi connectivity index (χ2n) is 7.73. The minimum absolute atomic E-state index is 0.780. The molecule has 3 aliphatic rings. The van der Waals surface area contributed by atoms with Crippen molar-refractivity contribution in [2.45, 2.75) is 63.6 Å². The van der Waals surface area contributed by atoms with E-state index in [4.69, 9.17) is 11.6 Å². The van der Waals surface area contributed by atoms with Crippen LogP contribution in [-0.2, 0) is 6.54 Å². The average molecular weight is 333 g/mol. The minimum atomic E-state index is 0.780. The van der Waals surface area contributed by atoms with Crippen molar-refractivity contribution in [2.24, 2.45) is 5.92 Å². The maximum absolute atomic E-state index is 6.06. The molecule has 0 N–H and O–H groups in total.